The first kappa shape index (κ1) is 14.1. The van der Waals surface area contributed by atoms with Crippen molar-refractivity contribution >= 4 is 0 Å². The van der Waals surface area contributed by atoms with E-state index in [0.717, 1.165) is 25.3 Å². The number of rotatable bonds is 7. The van der Waals surface area contributed by atoms with Crippen molar-refractivity contribution in [2.75, 3.05) is 0 Å². The van der Waals surface area contributed by atoms with E-state index in [-0.39, 0.29) is 6.04 Å². The van der Waals surface area contributed by atoms with Crippen molar-refractivity contribution in [3.05, 3.63) is 35.4 Å². The van der Waals surface area contributed by atoms with E-state index < -0.39 is 11.6 Å². The van der Waals surface area contributed by atoms with Gasteiger partial charge in [-0.1, -0.05) is 45.1 Å². The number of benzene rings is 1. The van der Waals surface area contributed by atoms with Gasteiger partial charge in [-0.2, -0.15) is 0 Å². The van der Waals surface area contributed by atoms with Gasteiger partial charge in [0, 0.05) is 6.04 Å². The molecule has 0 heterocycles. The molecule has 1 atom stereocenters. The lowest BCUT2D eigenvalue weighted by Crippen LogP contribution is -2.10. The van der Waals surface area contributed by atoms with Gasteiger partial charge >= 0.3 is 0 Å². The molecule has 0 saturated carbocycles. The van der Waals surface area contributed by atoms with E-state index >= 15 is 0 Å². The van der Waals surface area contributed by atoms with Gasteiger partial charge in [0.25, 0.3) is 0 Å². The van der Waals surface area contributed by atoms with Crippen molar-refractivity contribution in [2.24, 2.45) is 5.73 Å². The molecular formula is C14H21F2N. The van der Waals surface area contributed by atoms with Gasteiger partial charge in [-0.05, 0) is 24.1 Å². The van der Waals surface area contributed by atoms with E-state index in [1.807, 2.05) is 0 Å². The van der Waals surface area contributed by atoms with Crippen LogP contribution in [0.15, 0.2) is 18.2 Å². The zero-order valence-electron chi connectivity index (χ0n) is 10.4. The van der Waals surface area contributed by atoms with Crippen LogP contribution in [0.5, 0.6) is 0 Å². The van der Waals surface area contributed by atoms with Crippen LogP contribution in [0.4, 0.5) is 8.78 Å². The summed E-state index contributed by atoms with van der Waals surface area (Å²) in [5.74, 6) is -1.63. The van der Waals surface area contributed by atoms with Gasteiger partial charge in [-0.3, -0.25) is 0 Å². The molecule has 2 N–H and O–H groups in total. The first-order valence-corrected chi connectivity index (χ1v) is 6.35. The Labute approximate surface area is 102 Å². The van der Waals surface area contributed by atoms with Gasteiger partial charge in [-0.15, -0.1) is 0 Å². The zero-order chi connectivity index (χ0) is 12.7. The molecule has 0 aliphatic heterocycles. The van der Waals surface area contributed by atoms with E-state index in [1.54, 1.807) is 6.07 Å². The molecule has 0 fully saturated rings. The highest BCUT2D eigenvalue weighted by molar-refractivity contribution is 5.20. The molecule has 1 unspecified atom stereocenters. The van der Waals surface area contributed by atoms with Crippen LogP contribution in [0.1, 0.15) is 57.1 Å². The second-order valence-corrected chi connectivity index (χ2v) is 4.48. The van der Waals surface area contributed by atoms with Gasteiger partial charge in [0.05, 0.1) is 0 Å². The lowest BCUT2D eigenvalue weighted by Gasteiger charge is -2.12. The van der Waals surface area contributed by atoms with Crippen LogP contribution < -0.4 is 5.73 Å². The number of hydrogen-bond acceptors (Lipinski definition) is 1. The molecule has 1 aromatic carbocycles. The summed E-state index contributed by atoms with van der Waals surface area (Å²) < 4.78 is 25.7. The Kier molecular flexibility index (Phi) is 6.12. The average molecular weight is 241 g/mol. The second kappa shape index (κ2) is 7.38. The molecule has 0 aliphatic rings. The Bertz CT molecular complexity index is 339. The van der Waals surface area contributed by atoms with Gasteiger partial charge in [-0.25, -0.2) is 8.78 Å². The monoisotopic (exact) mass is 241 g/mol. The summed E-state index contributed by atoms with van der Waals surface area (Å²) in [5.41, 5.74) is 6.62. The van der Waals surface area contributed by atoms with Crippen molar-refractivity contribution in [1.82, 2.24) is 0 Å². The average Bonchev–Trinajstić information content (AvgIpc) is 2.32. The number of hydrogen-bond donors (Lipinski definition) is 1. The van der Waals surface area contributed by atoms with Crippen molar-refractivity contribution in [3.63, 3.8) is 0 Å². The summed E-state index contributed by atoms with van der Waals surface area (Å²) in [5, 5.41) is 0. The van der Waals surface area contributed by atoms with E-state index in [2.05, 4.69) is 6.92 Å². The van der Waals surface area contributed by atoms with Crippen molar-refractivity contribution in [3.8, 4) is 0 Å². The molecule has 0 bridgehead atoms. The maximum atomic E-state index is 13.0. The maximum Gasteiger partial charge on any atom is 0.159 e. The predicted octanol–water partition coefficient (Wildman–Crippen LogP) is 4.33. The van der Waals surface area contributed by atoms with Gasteiger partial charge in [0.15, 0.2) is 11.6 Å². The Morgan fingerprint density at radius 2 is 1.76 bits per heavy atom. The fourth-order valence-electron chi connectivity index (χ4n) is 1.88. The standard InChI is InChI=1S/C14H21F2N/c1-2-3-4-5-6-7-14(17)11-8-9-12(15)13(16)10-11/h8-10,14H,2-7,17H2,1H3. The highest BCUT2D eigenvalue weighted by atomic mass is 19.2. The molecule has 17 heavy (non-hydrogen) atoms. The van der Waals surface area contributed by atoms with Crippen LogP contribution in [-0.4, -0.2) is 0 Å². The molecule has 96 valence electrons. The Morgan fingerprint density at radius 3 is 2.41 bits per heavy atom. The Balaban J connectivity index is 2.36. The SMILES string of the molecule is CCCCCCCC(N)c1ccc(F)c(F)c1. The predicted molar refractivity (Wildman–Crippen MR) is 66.7 cm³/mol. The second-order valence-electron chi connectivity index (χ2n) is 4.48. The maximum absolute atomic E-state index is 13.0. The molecule has 1 nitrogen and oxygen atoms in total. The minimum Gasteiger partial charge on any atom is -0.324 e. The largest absolute Gasteiger partial charge is 0.324 e. The minimum absolute atomic E-state index is 0.188. The lowest BCUT2D eigenvalue weighted by molar-refractivity contribution is 0.501. The molecule has 0 aliphatic carbocycles. The van der Waals surface area contributed by atoms with Crippen LogP contribution in [0, 0.1) is 11.6 Å². The first-order valence-electron chi connectivity index (χ1n) is 6.35. The summed E-state index contributed by atoms with van der Waals surface area (Å²) in [6, 6.07) is 3.72. The summed E-state index contributed by atoms with van der Waals surface area (Å²) in [6.45, 7) is 2.17. The van der Waals surface area contributed by atoms with E-state index in [4.69, 9.17) is 5.73 Å². The number of unbranched alkanes of at least 4 members (excludes halogenated alkanes) is 4. The normalized spacial score (nSPS) is 12.7. The van der Waals surface area contributed by atoms with Crippen LogP contribution in [-0.2, 0) is 0 Å². The third-order valence-corrected chi connectivity index (χ3v) is 2.99. The minimum atomic E-state index is -0.816. The molecular weight excluding hydrogens is 220 g/mol. The molecule has 1 aromatic rings. The lowest BCUT2D eigenvalue weighted by atomic mass is 10.0. The van der Waals surface area contributed by atoms with Crippen LogP contribution >= 0.6 is 0 Å². The third kappa shape index (κ3) is 4.82. The zero-order valence-corrected chi connectivity index (χ0v) is 10.4. The molecule has 0 spiro atoms. The van der Waals surface area contributed by atoms with Gasteiger partial charge in [0.1, 0.15) is 0 Å². The van der Waals surface area contributed by atoms with Crippen LogP contribution in [0.2, 0.25) is 0 Å². The molecule has 1 rings (SSSR count). The summed E-state index contributed by atoms with van der Waals surface area (Å²) in [7, 11) is 0. The van der Waals surface area contributed by atoms with Crippen LogP contribution in [0.3, 0.4) is 0 Å². The smallest absolute Gasteiger partial charge is 0.159 e. The topological polar surface area (TPSA) is 26.0 Å². The summed E-state index contributed by atoms with van der Waals surface area (Å²) in [4.78, 5) is 0. The summed E-state index contributed by atoms with van der Waals surface area (Å²) >= 11 is 0. The van der Waals surface area contributed by atoms with Crippen molar-refractivity contribution in [2.45, 2.75) is 51.5 Å². The number of halogens is 2. The highest BCUT2D eigenvalue weighted by Gasteiger charge is 2.09. The molecule has 0 saturated heterocycles. The first-order chi connectivity index (χ1) is 8.15. The van der Waals surface area contributed by atoms with Crippen molar-refractivity contribution < 1.29 is 8.78 Å². The van der Waals surface area contributed by atoms with E-state index in [1.165, 1.54) is 25.3 Å². The summed E-state index contributed by atoms with van der Waals surface area (Å²) in [6.07, 6.45) is 6.72. The molecule has 3 heteroatoms. The molecule has 0 aromatic heterocycles. The van der Waals surface area contributed by atoms with E-state index in [0.29, 0.717) is 5.56 Å². The van der Waals surface area contributed by atoms with Gasteiger partial charge < -0.3 is 5.73 Å². The fraction of sp³-hybridized carbons (Fsp3) is 0.571. The van der Waals surface area contributed by atoms with Crippen LogP contribution in [0.25, 0.3) is 0 Å². The fourth-order valence-corrected chi connectivity index (χ4v) is 1.88. The molecule has 0 amide bonds. The van der Waals surface area contributed by atoms with Gasteiger partial charge in [0.2, 0.25) is 0 Å². The molecule has 0 radical (unpaired) electrons. The Morgan fingerprint density at radius 1 is 1.06 bits per heavy atom. The Hall–Kier alpha value is -0.960. The highest BCUT2D eigenvalue weighted by Crippen LogP contribution is 2.19. The van der Waals surface area contributed by atoms with Crippen molar-refractivity contribution in [1.29, 1.82) is 0 Å². The number of nitrogens with two attached hydrogens (primary N) is 1. The quantitative estimate of drug-likeness (QED) is 0.707. The third-order valence-electron chi connectivity index (χ3n) is 2.99. The van der Waals surface area contributed by atoms with E-state index in [9.17, 15) is 8.78 Å².